The quantitative estimate of drug-likeness (QED) is 0.735. The minimum absolute atomic E-state index is 0. The lowest BCUT2D eigenvalue weighted by atomic mass is 10.0. The van der Waals surface area contributed by atoms with Gasteiger partial charge in [-0.3, -0.25) is 4.79 Å². The zero-order valence-corrected chi connectivity index (χ0v) is 18.4. The molecule has 0 spiro atoms. The molecule has 27 heavy (non-hydrogen) atoms. The van der Waals surface area contributed by atoms with Gasteiger partial charge in [0.1, 0.15) is 4.88 Å². The van der Waals surface area contributed by atoms with Crippen molar-refractivity contribution in [2.45, 2.75) is 45.6 Å². The maximum atomic E-state index is 13.2. The molecule has 7 heteroatoms. The fourth-order valence-corrected chi connectivity index (χ4v) is 4.49. The van der Waals surface area contributed by atoms with Crippen LogP contribution in [0.5, 0.6) is 0 Å². The lowest BCUT2D eigenvalue weighted by Gasteiger charge is -2.34. The van der Waals surface area contributed by atoms with E-state index in [0.29, 0.717) is 6.04 Å². The number of piperidine rings is 1. The first-order valence-corrected chi connectivity index (χ1v) is 10.0. The van der Waals surface area contributed by atoms with Gasteiger partial charge in [0.05, 0.1) is 10.7 Å². The van der Waals surface area contributed by atoms with E-state index in [-0.39, 0.29) is 30.7 Å². The summed E-state index contributed by atoms with van der Waals surface area (Å²) in [6.45, 7) is 6.93. The number of rotatable bonds is 6. The highest BCUT2D eigenvalue weighted by Crippen LogP contribution is 2.25. The van der Waals surface area contributed by atoms with Gasteiger partial charge in [0.25, 0.3) is 5.91 Å². The van der Waals surface area contributed by atoms with Crippen molar-refractivity contribution >= 4 is 42.1 Å². The molecule has 150 valence electrons. The Balaban J connectivity index is 0.00000182. The molecule has 1 aliphatic rings. The number of nitrogens with zero attached hydrogens (tertiary/aromatic N) is 2. The van der Waals surface area contributed by atoms with Crippen molar-refractivity contribution in [3.05, 3.63) is 51.5 Å². The molecule has 2 aromatic rings. The molecule has 1 amide bonds. The smallest absolute Gasteiger partial charge is 0.266 e. The number of carbonyl (C=O) groups is 1. The van der Waals surface area contributed by atoms with Gasteiger partial charge in [-0.1, -0.05) is 37.3 Å². The Morgan fingerprint density at radius 2 is 1.89 bits per heavy atom. The van der Waals surface area contributed by atoms with E-state index in [9.17, 15) is 4.79 Å². The highest BCUT2D eigenvalue weighted by molar-refractivity contribution is 7.13. The van der Waals surface area contributed by atoms with Crippen molar-refractivity contribution in [3.8, 4) is 0 Å². The van der Waals surface area contributed by atoms with E-state index < -0.39 is 0 Å². The van der Waals surface area contributed by atoms with Crippen LogP contribution < -0.4 is 5.32 Å². The summed E-state index contributed by atoms with van der Waals surface area (Å²) in [4.78, 5) is 20.8. The van der Waals surface area contributed by atoms with E-state index in [0.717, 1.165) is 60.9 Å². The maximum absolute atomic E-state index is 13.2. The standard InChI is InChI=1S/C20H27N3OS.2ClH/c1-3-13-23(17-9-11-21-12-10-17)20(24)19-15(2)22-18(25-19)14-16-7-5-4-6-8-16;;/h4-8,17,21H,3,9-14H2,1-2H3;2*1H. The molecule has 0 aliphatic carbocycles. The Labute approximate surface area is 178 Å². The number of benzene rings is 1. The van der Waals surface area contributed by atoms with Crippen LogP contribution in [0.25, 0.3) is 0 Å². The topological polar surface area (TPSA) is 45.2 Å². The maximum Gasteiger partial charge on any atom is 0.266 e. The second-order valence-electron chi connectivity index (χ2n) is 6.66. The molecule has 1 N–H and O–H groups in total. The summed E-state index contributed by atoms with van der Waals surface area (Å²) < 4.78 is 0. The van der Waals surface area contributed by atoms with Crippen LogP contribution in [-0.4, -0.2) is 41.5 Å². The number of aryl methyl sites for hydroxylation is 1. The molecule has 0 saturated carbocycles. The first-order valence-electron chi connectivity index (χ1n) is 9.21. The molecule has 1 saturated heterocycles. The fraction of sp³-hybridized carbons (Fsp3) is 0.500. The van der Waals surface area contributed by atoms with Gasteiger partial charge >= 0.3 is 0 Å². The van der Waals surface area contributed by atoms with Gasteiger partial charge in [-0.05, 0) is 44.8 Å². The van der Waals surface area contributed by atoms with Gasteiger partial charge in [-0.25, -0.2) is 4.98 Å². The molecule has 0 bridgehead atoms. The van der Waals surface area contributed by atoms with Gasteiger partial charge in [0.15, 0.2) is 0 Å². The van der Waals surface area contributed by atoms with Crippen LogP contribution in [0.15, 0.2) is 30.3 Å². The second kappa shape index (κ2) is 11.6. The number of hydrogen-bond acceptors (Lipinski definition) is 4. The molecular weight excluding hydrogens is 401 g/mol. The molecule has 2 heterocycles. The summed E-state index contributed by atoms with van der Waals surface area (Å²) in [5.74, 6) is 0.170. The predicted octanol–water partition coefficient (Wildman–Crippen LogP) is 4.49. The van der Waals surface area contributed by atoms with Crippen LogP contribution in [0.3, 0.4) is 0 Å². The summed E-state index contributed by atoms with van der Waals surface area (Å²) in [6.07, 6.45) is 3.87. The number of halogens is 2. The number of amides is 1. The molecule has 4 nitrogen and oxygen atoms in total. The summed E-state index contributed by atoms with van der Waals surface area (Å²) in [7, 11) is 0. The molecule has 3 rings (SSSR count). The zero-order chi connectivity index (χ0) is 17.6. The molecule has 0 unspecified atom stereocenters. The Kier molecular flexibility index (Phi) is 10.3. The zero-order valence-electron chi connectivity index (χ0n) is 15.9. The third kappa shape index (κ3) is 6.18. The SMILES string of the molecule is CCCN(C(=O)c1sc(Cc2ccccc2)nc1C)C1CCNCC1.Cl.Cl. The van der Waals surface area contributed by atoms with Crippen molar-refractivity contribution < 1.29 is 4.79 Å². The molecule has 1 aromatic heterocycles. The molecule has 1 fully saturated rings. The van der Waals surface area contributed by atoms with Crippen molar-refractivity contribution in [1.82, 2.24) is 15.2 Å². The van der Waals surface area contributed by atoms with E-state index in [1.165, 1.54) is 5.56 Å². The van der Waals surface area contributed by atoms with Crippen LogP contribution in [-0.2, 0) is 6.42 Å². The van der Waals surface area contributed by atoms with Crippen LogP contribution in [0.4, 0.5) is 0 Å². The first-order chi connectivity index (χ1) is 12.2. The highest BCUT2D eigenvalue weighted by atomic mass is 35.5. The minimum atomic E-state index is 0. The Bertz CT molecular complexity index is 703. The third-order valence-electron chi connectivity index (χ3n) is 4.71. The van der Waals surface area contributed by atoms with Gasteiger partial charge < -0.3 is 10.2 Å². The minimum Gasteiger partial charge on any atom is -0.335 e. The molecule has 0 radical (unpaired) electrons. The number of carbonyl (C=O) groups excluding carboxylic acids is 1. The average Bonchev–Trinajstić information content (AvgIpc) is 3.01. The number of nitrogens with one attached hydrogen (secondary N) is 1. The van der Waals surface area contributed by atoms with E-state index in [1.807, 2.05) is 25.1 Å². The van der Waals surface area contributed by atoms with Crippen molar-refractivity contribution in [2.24, 2.45) is 0 Å². The van der Waals surface area contributed by atoms with Crippen molar-refractivity contribution in [3.63, 3.8) is 0 Å². The van der Waals surface area contributed by atoms with Gasteiger partial charge in [0.2, 0.25) is 0 Å². The molecule has 1 aromatic carbocycles. The number of aromatic nitrogens is 1. The van der Waals surface area contributed by atoms with Crippen molar-refractivity contribution in [2.75, 3.05) is 19.6 Å². The van der Waals surface area contributed by atoms with Crippen LogP contribution in [0.2, 0.25) is 0 Å². The monoisotopic (exact) mass is 429 g/mol. The Morgan fingerprint density at radius 3 is 2.52 bits per heavy atom. The first kappa shape index (κ1) is 23.9. The molecule has 1 aliphatic heterocycles. The van der Waals surface area contributed by atoms with Crippen molar-refractivity contribution in [1.29, 1.82) is 0 Å². The van der Waals surface area contributed by atoms with Gasteiger partial charge in [-0.15, -0.1) is 36.2 Å². The normalized spacial score (nSPS) is 14.1. The van der Waals surface area contributed by atoms with Crippen LogP contribution in [0, 0.1) is 6.92 Å². The summed E-state index contributed by atoms with van der Waals surface area (Å²) in [6, 6.07) is 10.7. The van der Waals surface area contributed by atoms with E-state index in [4.69, 9.17) is 0 Å². The number of thiazole rings is 1. The third-order valence-corrected chi connectivity index (χ3v) is 5.85. The van der Waals surface area contributed by atoms with E-state index in [1.54, 1.807) is 11.3 Å². The summed E-state index contributed by atoms with van der Waals surface area (Å²) in [5.41, 5.74) is 2.11. The van der Waals surface area contributed by atoms with Gasteiger partial charge in [-0.2, -0.15) is 0 Å². The van der Waals surface area contributed by atoms with Crippen LogP contribution in [0.1, 0.15) is 52.1 Å². The van der Waals surface area contributed by atoms with E-state index in [2.05, 4.69) is 34.3 Å². The second-order valence-corrected chi connectivity index (χ2v) is 7.75. The predicted molar refractivity (Wildman–Crippen MR) is 118 cm³/mol. The fourth-order valence-electron chi connectivity index (χ4n) is 3.44. The Morgan fingerprint density at radius 1 is 1.22 bits per heavy atom. The summed E-state index contributed by atoms with van der Waals surface area (Å²) in [5, 5.41) is 4.41. The molecular formula is C20H29Cl2N3OS. The lowest BCUT2D eigenvalue weighted by molar-refractivity contribution is 0.0646. The highest BCUT2D eigenvalue weighted by Gasteiger charge is 2.28. The van der Waals surface area contributed by atoms with Crippen LogP contribution >= 0.6 is 36.2 Å². The lowest BCUT2D eigenvalue weighted by Crippen LogP contribution is -2.46. The number of hydrogen-bond donors (Lipinski definition) is 1. The molecule has 0 atom stereocenters. The van der Waals surface area contributed by atoms with E-state index >= 15 is 0 Å². The average molecular weight is 430 g/mol. The van der Waals surface area contributed by atoms with Gasteiger partial charge in [0, 0.05) is 19.0 Å². The Hall–Kier alpha value is -1.14. The largest absolute Gasteiger partial charge is 0.335 e. The summed E-state index contributed by atoms with van der Waals surface area (Å²) >= 11 is 1.56.